The number of ether oxygens (including phenoxy) is 2. The minimum atomic E-state index is -0.271. The predicted molar refractivity (Wildman–Crippen MR) is 77.7 cm³/mol. The largest absolute Gasteiger partial charge is 0.493 e. The Hall–Kier alpha value is -2.01. The van der Waals surface area contributed by atoms with Gasteiger partial charge in [0.15, 0.2) is 11.5 Å². The molecule has 1 atom stereocenters. The quantitative estimate of drug-likeness (QED) is 0.925. The molecule has 1 fully saturated rings. The Morgan fingerprint density at radius 2 is 2.00 bits per heavy atom. The number of methoxy groups -OCH3 is 2. The second-order valence-electron chi connectivity index (χ2n) is 4.95. The van der Waals surface area contributed by atoms with E-state index in [1.54, 1.807) is 20.4 Å². The maximum Gasteiger partial charge on any atom is 0.161 e. The fraction of sp³-hybridized carbons (Fsp3) is 0.400. The van der Waals surface area contributed by atoms with Crippen LogP contribution in [0.15, 0.2) is 24.4 Å². The minimum Gasteiger partial charge on any atom is -0.493 e. The third-order valence-corrected chi connectivity index (χ3v) is 3.71. The number of fused-ring (bicyclic) bond motifs is 1. The Balaban J connectivity index is 2.13. The normalized spacial score (nSPS) is 18.6. The number of hydrogen-bond donors (Lipinski definition) is 1. The molecule has 3 rings (SSSR count). The molecule has 2 aromatic rings. The molecule has 0 bridgehead atoms. The number of nitrogens with zero attached hydrogens (tertiary/aromatic N) is 2. The van der Waals surface area contributed by atoms with Gasteiger partial charge in [0, 0.05) is 24.7 Å². The summed E-state index contributed by atoms with van der Waals surface area (Å²) in [7, 11) is 3.25. The van der Waals surface area contributed by atoms with E-state index in [2.05, 4.69) is 9.88 Å². The molecule has 1 N–H and O–H groups in total. The standard InChI is InChI=1S/C15H18N2O3/c1-19-13-7-10-3-5-16-15(12(10)8-14(13)20-2)17-6-4-11(18)9-17/h3,5,7-8,11,18H,4,6,9H2,1-2H3/t11-/m0/s1. The molecule has 0 aliphatic carbocycles. The first-order valence-electron chi connectivity index (χ1n) is 6.66. The minimum absolute atomic E-state index is 0.271. The molecular formula is C15H18N2O3. The van der Waals surface area contributed by atoms with Crippen molar-refractivity contribution in [2.45, 2.75) is 12.5 Å². The smallest absolute Gasteiger partial charge is 0.161 e. The first-order chi connectivity index (χ1) is 9.72. The van der Waals surface area contributed by atoms with Crippen LogP contribution in [-0.4, -0.2) is 43.5 Å². The summed E-state index contributed by atoms with van der Waals surface area (Å²) in [6.07, 6.45) is 2.30. The lowest BCUT2D eigenvalue weighted by molar-refractivity contribution is 0.198. The molecule has 106 valence electrons. The lowest BCUT2D eigenvalue weighted by Gasteiger charge is -2.19. The third-order valence-electron chi connectivity index (χ3n) is 3.71. The van der Waals surface area contributed by atoms with Crippen molar-refractivity contribution in [2.75, 3.05) is 32.2 Å². The summed E-state index contributed by atoms with van der Waals surface area (Å²) in [5, 5.41) is 11.8. The molecule has 5 heteroatoms. The molecule has 0 spiro atoms. The summed E-state index contributed by atoms with van der Waals surface area (Å²) in [4.78, 5) is 6.58. The van der Waals surface area contributed by atoms with Crippen LogP contribution in [0.5, 0.6) is 11.5 Å². The van der Waals surface area contributed by atoms with Gasteiger partial charge >= 0.3 is 0 Å². The number of rotatable bonds is 3. The molecule has 0 amide bonds. The summed E-state index contributed by atoms with van der Waals surface area (Å²) in [5.74, 6) is 2.28. The molecule has 1 aliphatic heterocycles. The highest BCUT2D eigenvalue weighted by atomic mass is 16.5. The first-order valence-corrected chi connectivity index (χ1v) is 6.66. The van der Waals surface area contributed by atoms with E-state index in [1.807, 2.05) is 18.2 Å². The number of hydrogen-bond acceptors (Lipinski definition) is 5. The molecule has 1 saturated heterocycles. The van der Waals surface area contributed by atoms with Gasteiger partial charge in [-0.1, -0.05) is 0 Å². The number of aromatic nitrogens is 1. The summed E-state index contributed by atoms with van der Waals surface area (Å²) >= 11 is 0. The summed E-state index contributed by atoms with van der Waals surface area (Å²) in [6, 6.07) is 5.85. The number of aliphatic hydroxyl groups excluding tert-OH is 1. The Labute approximate surface area is 117 Å². The van der Waals surface area contributed by atoms with Crippen LogP contribution in [0.1, 0.15) is 6.42 Å². The van der Waals surface area contributed by atoms with Crippen molar-refractivity contribution in [1.29, 1.82) is 0 Å². The van der Waals surface area contributed by atoms with E-state index >= 15 is 0 Å². The highest BCUT2D eigenvalue weighted by Gasteiger charge is 2.23. The second-order valence-corrected chi connectivity index (χ2v) is 4.95. The number of pyridine rings is 1. The van der Waals surface area contributed by atoms with Crippen LogP contribution in [-0.2, 0) is 0 Å². The second kappa shape index (κ2) is 5.17. The van der Waals surface area contributed by atoms with Gasteiger partial charge in [0.2, 0.25) is 0 Å². The van der Waals surface area contributed by atoms with Gasteiger partial charge in [-0.25, -0.2) is 4.98 Å². The molecule has 20 heavy (non-hydrogen) atoms. The van der Waals surface area contributed by atoms with E-state index in [0.29, 0.717) is 18.0 Å². The van der Waals surface area contributed by atoms with Crippen molar-refractivity contribution < 1.29 is 14.6 Å². The van der Waals surface area contributed by atoms with Gasteiger partial charge < -0.3 is 19.5 Å². The molecule has 1 aromatic carbocycles. The summed E-state index contributed by atoms with van der Waals surface area (Å²) in [5.41, 5.74) is 0. The van der Waals surface area contributed by atoms with Crippen molar-refractivity contribution in [3.05, 3.63) is 24.4 Å². The van der Waals surface area contributed by atoms with Gasteiger partial charge in [-0.2, -0.15) is 0 Å². The number of β-amino-alcohol motifs (C(OH)–C–C–N with tert-alkyl or cyclic N) is 1. The molecule has 0 radical (unpaired) electrons. The Morgan fingerprint density at radius 3 is 2.65 bits per heavy atom. The SMILES string of the molecule is COc1cc2ccnc(N3CC[C@H](O)C3)c2cc1OC. The van der Waals surface area contributed by atoms with E-state index in [4.69, 9.17) is 9.47 Å². The van der Waals surface area contributed by atoms with Crippen LogP contribution in [0.3, 0.4) is 0 Å². The fourth-order valence-electron chi connectivity index (χ4n) is 2.67. The molecule has 5 nitrogen and oxygen atoms in total. The zero-order chi connectivity index (χ0) is 14.1. The van der Waals surface area contributed by atoms with Crippen LogP contribution in [0.2, 0.25) is 0 Å². The van der Waals surface area contributed by atoms with E-state index in [-0.39, 0.29) is 6.10 Å². The van der Waals surface area contributed by atoms with Gasteiger partial charge in [0.05, 0.1) is 20.3 Å². The van der Waals surface area contributed by atoms with Crippen molar-refractivity contribution in [3.8, 4) is 11.5 Å². The average molecular weight is 274 g/mol. The number of benzene rings is 1. The van der Waals surface area contributed by atoms with Crippen molar-refractivity contribution in [1.82, 2.24) is 4.98 Å². The molecule has 0 unspecified atom stereocenters. The van der Waals surface area contributed by atoms with E-state index in [0.717, 1.165) is 29.6 Å². The highest BCUT2D eigenvalue weighted by Crippen LogP contribution is 2.36. The van der Waals surface area contributed by atoms with Gasteiger partial charge in [0.25, 0.3) is 0 Å². The molecule has 1 aliphatic rings. The van der Waals surface area contributed by atoms with E-state index in [9.17, 15) is 5.11 Å². The monoisotopic (exact) mass is 274 g/mol. The van der Waals surface area contributed by atoms with Crippen molar-refractivity contribution in [3.63, 3.8) is 0 Å². The van der Waals surface area contributed by atoms with Crippen LogP contribution >= 0.6 is 0 Å². The lowest BCUT2D eigenvalue weighted by Crippen LogP contribution is -2.22. The fourth-order valence-corrected chi connectivity index (χ4v) is 2.67. The van der Waals surface area contributed by atoms with Gasteiger partial charge in [-0.05, 0) is 30.0 Å². The third kappa shape index (κ3) is 2.14. The van der Waals surface area contributed by atoms with Gasteiger partial charge in [0.1, 0.15) is 5.82 Å². The van der Waals surface area contributed by atoms with Crippen LogP contribution in [0.4, 0.5) is 5.82 Å². The maximum atomic E-state index is 9.70. The molecule has 0 saturated carbocycles. The molecule has 2 heterocycles. The number of aliphatic hydroxyl groups is 1. The van der Waals surface area contributed by atoms with Crippen molar-refractivity contribution >= 4 is 16.6 Å². The van der Waals surface area contributed by atoms with Crippen LogP contribution in [0.25, 0.3) is 10.8 Å². The molecular weight excluding hydrogens is 256 g/mol. The first kappa shape index (κ1) is 13.0. The summed E-state index contributed by atoms with van der Waals surface area (Å²) < 4.78 is 10.7. The Morgan fingerprint density at radius 1 is 1.25 bits per heavy atom. The van der Waals surface area contributed by atoms with Gasteiger partial charge in [-0.3, -0.25) is 0 Å². The van der Waals surface area contributed by atoms with Crippen LogP contribution in [0, 0.1) is 0 Å². The Kier molecular flexibility index (Phi) is 3.36. The van der Waals surface area contributed by atoms with E-state index in [1.165, 1.54) is 0 Å². The zero-order valence-electron chi connectivity index (χ0n) is 11.7. The van der Waals surface area contributed by atoms with E-state index < -0.39 is 0 Å². The topological polar surface area (TPSA) is 54.8 Å². The molecule has 1 aromatic heterocycles. The van der Waals surface area contributed by atoms with Gasteiger partial charge in [-0.15, -0.1) is 0 Å². The average Bonchev–Trinajstić information content (AvgIpc) is 2.91. The highest BCUT2D eigenvalue weighted by molar-refractivity contribution is 5.94. The lowest BCUT2D eigenvalue weighted by atomic mass is 10.1. The maximum absolute atomic E-state index is 9.70. The summed E-state index contributed by atoms with van der Waals surface area (Å²) in [6.45, 7) is 1.45. The number of anilines is 1. The van der Waals surface area contributed by atoms with Crippen LogP contribution < -0.4 is 14.4 Å². The predicted octanol–water partition coefficient (Wildman–Crippen LogP) is 1.82. The Bertz CT molecular complexity index is 630. The van der Waals surface area contributed by atoms with Crippen molar-refractivity contribution in [2.24, 2.45) is 0 Å². The zero-order valence-corrected chi connectivity index (χ0v) is 11.7.